The molecule has 1 aliphatic heterocycles. The maximum Gasteiger partial charge on any atom is 0.134 e. The van der Waals surface area contributed by atoms with Gasteiger partial charge in [-0.2, -0.15) is 0 Å². The molecule has 5 heteroatoms. The Kier molecular flexibility index (Phi) is 5.34. The fourth-order valence-electron chi connectivity index (χ4n) is 2.93. The van der Waals surface area contributed by atoms with E-state index >= 15 is 0 Å². The van der Waals surface area contributed by atoms with Gasteiger partial charge in [-0.1, -0.05) is 42.6 Å². The van der Waals surface area contributed by atoms with Gasteiger partial charge in [-0.25, -0.2) is 9.97 Å². The van der Waals surface area contributed by atoms with Gasteiger partial charge in [0.1, 0.15) is 17.5 Å². The van der Waals surface area contributed by atoms with Crippen molar-refractivity contribution in [2.75, 3.05) is 23.3 Å². The first kappa shape index (κ1) is 16.1. The van der Waals surface area contributed by atoms with Gasteiger partial charge in [-0.15, -0.1) is 0 Å². The molecular formula is C18H23ClN4. The quantitative estimate of drug-likeness (QED) is 0.900. The molecule has 23 heavy (non-hydrogen) atoms. The molecule has 1 aliphatic rings. The molecular weight excluding hydrogens is 308 g/mol. The second-order valence-electron chi connectivity index (χ2n) is 6.00. The first-order valence-electron chi connectivity index (χ1n) is 8.30. The van der Waals surface area contributed by atoms with Crippen LogP contribution in [0.2, 0.25) is 5.02 Å². The van der Waals surface area contributed by atoms with Crippen LogP contribution in [0.5, 0.6) is 0 Å². The van der Waals surface area contributed by atoms with Crippen LogP contribution in [0.3, 0.4) is 0 Å². The number of halogens is 1. The zero-order chi connectivity index (χ0) is 16.1. The lowest BCUT2D eigenvalue weighted by molar-refractivity contribution is 0.726. The molecule has 0 radical (unpaired) electrons. The number of nitrogens with zero attached hydrogens (tertiary/aromatic N) is 3. The van der Waals surface area contributed by atoms with Gasteiger partial charge in [0.2, 0.25) is 0 Å². The van der Waals surface area contributed by atoms with E-state index in [9.17, 15) is 0 Å². The Morgan fingerprint density at radius 1 is 1.09 bits per heavy atom. The van der Waals surface area contributed by atoms with E-state index in [0.29, 0.717) is 6.54 Å². The highest BCUT2D eigenvalue weighted by atomic mass is 35.5. The van der Waals surface area contributed by atoms with Gasteiger partial charge in [0.25, 0.3) is 0 Å². The SMILES string of the molecule is Cc1nc(NCc2ccccc2Cl)cc(N2CCCCCC2)n1. The molecule has 0 spiro atoms. The minimum Gasteiger partial charge on any atom is -0.366 e. The topological polar surface area (TPSA) is 41.1 Å². The van der Waals surface area contributed by atoms with Gasteiger partial charge in [0.05, 0.1) is 0 Å². The van der Waals surface area contributed by atoms with Crippen molar-refractivity contribution in [1.82, 2.24) is 9.97 Å². The number of rotatable bonds is 4. The average Bonchev–Trinajstić information content (AvgIpc) is 2.83. The molecule has 0 saturated carbocycles. The number of nitrogens with one attached hydrogen (secondary N) is 1. The average molecular weight is 331 g/mol. The number of anilines is 2. The molecule has 0 aliphatic carbocycles. The summed E-state index contributed by atoms with van der Waals surface area (Å²) >= 11 is 6.21. The Balaban J connectivity index is 1.73. The van der Waals surface area contributed by atoms with Crippen LogP contribution in [0.25, 0.3) is 0 Å². The van der Waals surface area contributed by atoms with Crippen molar-refractivity contribution in [2.24, 2.45) is 0 Å². The summed E-state index contributed by atoms with van der Waals surface area (Å²) in [6.07, 6.45) is 5.12. The first-order chi connectivity index (χ1) is 11.2. The molecule has 0 unspecified atom stereocenters. The van der Waals surface area contributed by atoms with Gasteiger partial charge in [-0.05, 0) is 31.4 Å². The predicted octanol–water partition coefficient (Wildman–Crippen LogP) is 4.43. The highest BCUT2D eigenvalue weighted by Gasteiger charge is 2.13. The van der Waals surface area contributed by atoms with Crippen LogP contribution in [0.15, 0.2) is 30.3 Å². The zero-order valence-electron chi connectivity index (χ0n) is 13.6. The van der Waals surface area contributed by atoms with Crippen molar-refractivity contribution in [2.45, 2.75) is 39.2 Å². The van der Waals surface area contributed by atoms with Crippen molar-refractivity contribution in [3.8, 4) is 0 Å². The Bertz CT molecular complexity index is 651. The number of benzene rings is 1. The number of aryl methyl sites for hydroxylation is 1. The first-order valence-corrected chi connectivity index (χ1v) is 8.68. The van der Waals surface area contributed by atoms with Crippen molar-refractivity contribution in [1.29, 1.82) is 0 Å². The molecule has 1 saturated heterocycles. The molecule has 1 aromatic heterocycles. The van der Waals surface area contributed by atoms with E-state index < -0.39 is 0 Å². The smallest absolute Gasteiger partial charge is 0.134 e. The van der Waals surface area contributed by atoms with Crippen LogP contribution in [-0.4, -0.2) is 23.1 Å². The maximum absolute atomic E-state index is 6.21. The normalized spacial score (nSPS) is 15.3. The van der Waals surface area contributed by atoms with Crippen LogP contribution < -0.4 is 10.2 Å². The Morgan fingerprint density at radius 3 is 2.57 bits per heavy atom. The second-order valence-corrected chi connectivity index (χ2v) is 6.41. The predicted molar refractivity (Wildman–Crippen MR) is 96.2 cm³/mol. The Hall–Kier alpha value is -1.81. The summed E-state index contributed by atoms with van der Waals surface area (Å²) in [6, 6.07) is 9.93. The summed E-state index contributed by atoms with van der Waals surface area (Å²) in [7, 11) is 0. The maximum atomic E-state index is 6.21. The van der Waals surface area contributed by atoms with Crippen molar-refractivity contribution < 1.29 is 0 Å². The van der Waals surface area contributed by atoms with E-state index in [4.69, 9.17) is 11.6 Å². The van der Waals surface area contributed by atoms with Crippen molar-refractivity contribution in [3.05, 3.63) is 46.7 Å². The lowest BCUT2D eigenvalue weighted by atomic mass is 10.2. The van der Waals surface area contributed by atoms with E-state index in [-0.39, 0.29) is 0 Å². The van der Waals surface area contributed by atoms with Gasteiger partial charge >= 0.3 is 0 Å². The molecule has 1 N–H and O–H groups in total. The zero-order valence-corrected chi connectivity index (χ0v) is 14.3. The van der Waals surface area contributed by atoms with Gasteiger partial charge in [-0.3, -0.25) is 0 Å². The van der Waals surface area contributed by atoms with Gasteiger partial charge < -0.3 is 10.2 Å². The molecule has 122 valence electrons. The largest absolute Gasteiger partial charge is 0.366 e. The summed E-state index contributed by atoms with van der Waals surface area (Å²) in [5.41, 5.74) is 1.07. The standard InChI is InChI=1S/C18H23ClN4/c1-14-21-17(20-13-15-8-4-5-9-16(15)19)12-18(22-14)23-10-6-2-3-7-11-23/h4-5,8-9,12H,2-3,6-7,10-11,13H2,1H3,(H,20,21,22). The molecule has 2 aromatic rings. The van der Waals surface area contributed by atoms with E-state index in [1.165, 1.54) is 25.7 Å². The highest BCUT2D eigenvalue weighted by molar-refractivity contribution is 6.31. The van der Waals surface area contributed by atoms with Crippen LogP contribution in [-0.2, 0) is 6.54 Å². The molecule has 0 atom stereocenters. The Morgan fingerprint density at radius 2 is 1.83 bits per heavy atom. The minimum absolute atomic E-state index is 0.662. The van der Waals surface area contributed by atoms with Crippen LogP contribution in [0.1, 0.15) is 37.1 Å². The molecule has 1 aromatic carbocycles. The molecule has 0 bridgehead atoms. The van der Waals surface area contributed by atoms with Gasteiger partial charge in [0.15, 0.2) is 0 Å². The fraction of sp³-hybridized carbons (Fsp3) is 0.444. The number of hydrogen-bond acceptors (Lipinski definition) is 4. The van der Waals surface area contributed by atoms with Gasteiger partial charge in [0, 0.05) is 30.7 Å². The van der Waals surface area contributed by atoms with Crippen LogP contribution in [0.4, 0.5) is 11.6 Å². The van der Waals surface area contributed by atoms with Crippen LogP contribution >= 0.6 is 11.6 Å². The van der Waals surface area contributed by atoms with E-state index in [0.717, 1.165) is 41.1 Å². The molecule has 2 heterocycles. The van der Waals surface area contributed by atoms with Crippen LogP contribution in [0, 0.1) is 6.92 Å². The Labute approximate surface area is 142 Å². The molecule has 0 amide bonds. The summed E-state index contributed by atoms with van der Waals surface area (Å²) in [5.74, 6) is 2.69. The summed E-state index contributed by atoms with van der Waals surface area (Å²) in [5, 5.41) is 4.15. The number of aromatic nitrogens is 2. The summed E-state index contributed by atoms with van der Waals surface area (Å²) in [6.45, 7) is 4.78. The van der Waals surface area contributed by atoms with Crippen molar-refractivity contribution >= 4 is 23.2 Å². The fourth-order valence-corrected chi connectivity index (χ4v) is 3.13. The lowest BCUT2D eigenvalue weighted by Crippen LogP contribution is -2.25. The molecule has 3 rings (SSSR count). The van der Waals surface area contributed by atoms with E-state index in [2.05, 4.69) is 26.3 Å². The van der Waals surface area contributed by atoms with E-state index in [1.54, 1.807) is 0 Å². The minimum atomic E-state index is 0.662. The molecule has 4 nitrogen and oxygen atoms in total. The lowest BCUT2D eigenvalue weighted by Gasteiger charge is -2.22. The number of hydrogen-bond donors (Lipinski definition) is 1. The summed E-state index contributed by atoms with van der Waals surface area (Å²) in [4.78, 5) is 11.5. The summed E-state index contributed by atoms with van der Waals surface area (Å²) < 4.78 is 0. The van der Waals surface area contributed by atoms with Crippen molar-refractivity contribution in [3.63, 3.8) is 0 Å². The molecule has 1 fully saturated rings. The third-order valence-electron chi connectivity index (χ3n) is 4.17. The third-order valence-corrected chi connectivity index (χ3v) is 4.54. The monoisotopic (exact) mass is 330 g/mol. The van der Waals surface area contributed by atoms with E-state index in [1.807, 2.05) is 31.2 Å². The second kappa shape index (κ2) is 7.64. The third kappa shape index (κ3) is 4.35. The highest BCUT2D eigenvalue weighted by Crippen LogP contribution is 2.21.